The molecule has 0 spiro atoms. The van der Waals surface area contributed by atoms with E-state index in [4.69, 9.17) is 0 Å². The molecule has 0 aliphatic rings. The first-order valence-electron chi connectivity index (χ1n) is 9.17. The summed E-state index contributed by atoms with van der Waals surface area (Å²) in [6, 6.07) is 17.0. The zero-order valence-electron chi connectivity index (χ0n) is 15.2. The van der Waals surface area contributed by atoms with Crippen molar-refractivity contribution in [2.75, 3.05) is 0 Å². The minimum absolute atomic E-state index is 1.07. The summed E-state index contributed by atoms with van der Waals surface area (Å²) in [6.07, 6.45) is 12.5. The fourth-order valence-electron chi connectivity index (χ4n) is 2.57. The van der Waals surface area contributed by atoms with Crippen LogP contribution in [0.25, 0.3) is 0 Å². The van der Waals surface area contributed by atoms with Crippen molar-refractivity contribution in [2.24, 2.45) is 10.2 Å². The predicted octanol–water partition coefficient (Wildman–Crippen LogP) is 5.99. The van der Waals surface area contributed by atoms with Gasteiger partial charge in [0.05, 0.1) is 12.4 Å². The summed E-state index contributed by atoms with van der Waals surface area (Å²) >= 11 is 0. The fourth-order valence-corrected chi connectivity index (χ4v) is 2.57. The van der Waals surface area contributed by atoms with Gasteiger partial charge in [-0.3, -0.25) is 0 Å². The first-order chi connectivity index (χ1) is 12.3. The quantitative estimate of drug-likeness (QED) is 0.221. The summed E-state index contributed by atoms with van der Waals surface area (Å²) in [5.74, 6) is 0. The molecular formula is C23H28N2. The SMILES string of the molecule is C=CCCCc1ccc(/C=N/N=C/c2ccc(CCCC)cc2)cc1. The van der Waals surface area contributed by atoms with Crippen LogP contribution in [-0.4, -0.2) is 12.4 Å². The minimum Gasteiger partial charge on any atom is -0.159 e. The lowest BCUT2D eigenvalue weighted by Crippen LogP contribution is -1.87. The van der Waals surface area contributed by atoms with Gasteiger partial charge in [0, 0.05) is 0 Å². The first-order valence-corrected chi connectivity index (χ1v) is 9.17. The van der Waals surface area contributed by atoms with Crippen LogP contribution in [0, 0.1) is 0 Å². The summed E-state index contributed by atoms with van der Waals surface area (Å²) in [5, 5.41) is 8.29. The maximum Gasteiger partial charge on any atom is 0.0568 e. The molecule has 0 bridgehead atoms. The molecule has 25 heavy (non-hydrogen) atoms. The molecule has 0 amide bonds. The van der Waals surface area contributed by atoms with Crippen LogP contribution in [-0.2, 0) is 12.8 Å². The molecule has 0 aliphatic heterocycles. The topological polar surface area (TPSA) is 24.7 Å². The highest BCUT2D eigenvalue weighted by Crippen LogP contribution is 2.08. The van der Waals surface area contributed by atoms with Crippen LogP contribution >= 0.6 is 0 Å². The van der Waals surface area contributed by atoms with Crippen molar-refractivity contribution in [3.63, 3.8) is 0 Å². The molecule has 2 nitrogen and oxygen atoms in total. The maximum absolute atomic E-state index is 4.15. The number of unbranched alkanes of at least 4 members (excludes halogenated alkanes) is 2. The Kier molecular flexibility index (Phi) is 8.40. The molecule has 0 N–H and O–H groups in total. The lowest BCUT2D eigenvalue weighted by Gasteiger charge is -2.00. The van der Waals surface area contributed by atoms with E-state index in [1.165, 1.54) is 24.0 Å². The van der Waals surface area contributed by atoms with Crippen LogP contribution in [0.2, 0.25) is 0 Å². The van der Waals surface area contributed by atoms with E-state index in [0.717, 1.165) is 36.8 Å². The second-order valence-corrected chi connectivity index (χ2v) is 6.26. The highest BCUT2D eigenvalue weighted by atomic mass is 15.2. The molecule has 0 saturated carbocycles. The Morgan fingerprint density at radius 2 is 1.24 bits per heavy atom. The van der Waals surface area contributed by atoms with Gasteiger partial charge in [0.2, 0.25) is 0 Å². The van der Waals surface area contributed by atoms with E-state index >= 15 is 0 Å². The fraction of sp³-hybridized carbons (Fsp3) is 0.304. The van der Waals surface area contributed by atoms with E-state index in [2.05, 4.69) is 72.2 Å². The largest absolute Gasteiger partial charge is 0.159 e. The molecule has 0 aliphatic carbocycles. The summed E-state index contributed by atoms with van der Waals surface area (Å²) in [4.78, 5) is 0. The van der Waals surface area contributed by atoms with Crippen molar-refractivity contribution < 1.29 is 0 Å². The average Bonchev–Trinajstić information content (AvgIpc) is 2.66. The van der Waals surface area contributed by atoms with Crippen molar-refractivity contribution >= 4 is 12.4 Å². The lowest BCUT2D eigenvalue weighted by atomic mass is 10.1. The van der Waals surface area contributed by atoms with Gasteiger partial charge in [-0.1, -0.05) is 68.0 Å². The molecule has 0 heterocycles. The molecule has 2 heteroatoms. The molecule has 2 aromatic rings. The van der Waals surface area contributed by atoms with Crippen LogP contribution in [0.3, 0.4) is 0 Å². The highest BCUT2D eigenvalue weighted by Gasteiger charge is 1.94. The van der Waals surface area contributed by atoms with E-state index < -0.39 is 0 Å². The van der Waals surface area contributed by atoms with Gasteiger partial charge in [0.25, 0.3) is 0 Å². The molecule has 0 unspecified atom stereocenters. The van der Waals surface area contributed by atoms with Crippen molar-refractivity contribution in [2.45, 2.75) is 45.4 Å². The summed E-state index contributed by atoms with van der Waals surface area (Å²) in [6.45, 7) is 5.97. The molecule has 0 fully saturated rings. The molecular weight excluding hydrogens is 304 g/mol. The van der Waals surface area contributed by atoms with Gasteiger partial charge < -0.3 is 0 Å². The van der Waals surface area contributed by atoms with Crippen LogP contribution in [0.15, 0.2) is 71.4 Å². The Labute approximate surface area is 152 Å². The van der Waals surface area contributed by atoms with Crippen LogP contribution in [0.5, 0.6) is 0 Å². The molecule has 2 rings (SSSR count). The minimum atomic E-state index is 1.07. The lowest BCUT2D eigenvalue weighted by molar-refractivity contribution is 0.795. The number of nitrogens with zero attached hydrogens (tertiary/aromatic N) is 2. The normalized spacial score (nSPS) is 11.4. The van der Waals surface area contributed by atoms with E-state index in [9.17, 15) is 0 Å². The molecule has 130 valence electrons. The molecule has 0 saturated heterocycles. The van der Waals surface area contributed by atoms with Crippen LogP contribution in [0.4, 0.5) is 0 Å². The van der Waals surface area contributed by atoms with Crippen molar-refractivity contribution in [1.82, 2.24) is 0 Å². The Balaban J connectivity index is 1.83. The van der Waals surface area contributed by atoms with Gasteiger partial charge >= 0.3 is 0 Å². The van der Waals surface area contributed by atoms with Crippen LogP contribution < -0.4 is 0 Å². The second-order valence-electron chi connectivity index (χ2n) is 6.26. The highest BCUT2D eigenvalue weighted by molar-refractivity contribution is 5.82. The number of rotatable bonds is 10. The smallest absolute Gasteiger partial charge is 0.0568 e. The third kappa shape index (κ3) is 7.30. The third-order valence-electron chi connectivity index (χ3n) is 4.13. The summed E-state index contributed by atoms with van der Waals surface area (Å²) in [7, 11) is 0. The monoisotopic (exact) mass is 332 g/mol. The van der Waals surface area contributed by atoms with E-state index in [-0.39, 0.29) is 0 Å². The molecule has 0 aromatic heterocycles. The number of allylic oxidation sites excluding steroid dienone is 1. The van der Waals surface area contributed by atoms with Gasteiger partial charge in [-0.2, -0.15) is 10.2 Å². The van der Waals surface area contributed by atoms with Crippen molar-refractivity contribution in [3.8, 4) is 0 Å². The number of aryl methyl sites for hydroxylation is 2. The Morgan fingerprint density at radius 3 is 1.68 bits per heavy atom. The standard InChI is InChI=1S/C23H28N2/c1-3-5-7-9-21-12-16-23(17-13-21)19-25-24-18-22-14-10-20(11-15-22)8-6-4-2/h3,10-19H,1,4-9H2,2H3/b24-18+,25-19+. The number of benzene rings is 2. The third-order valence-corrected chi connectivity index (χ3v) is 4.13. The average molecular weight is 332 g/mol. The van der Waals surface area contributed by atoms with E-state index in [1.807, 2.05) is 6.08 Å². The number of hydrogen-bond acceptors (Lipinski definition) is 2. The van der Waals surface area contributed by atoms with Gasteiger partial charge in [0.15, 0.2) is 0 Å². The molecule has 0 radical (unpaired) electrons. The van der Waals surface area contributed by atoms with Gasteiger partial charge in [-0.05, 0) is 54.4 Å². The second kappa shape index (κ2) is 11.1. The van der Waals surface area contributed by atoms with Crippen molar-refractivity contribution in [1.29, 1.82) is 0 Å². The Morgan fingerprint density at radius 1 is 0.760 bits per heavy atom. The van der Waals surface area contributed by atoms with Crippen LogP contribution in [0.1, 0.15) is 54.9 Å². The maximum atomic E-state index is 4.15. The van der Waals surface area contributed by atoms with Crippen molar-refractivity contribution in [3.05, 3.63) is 83.4 Å². The zero-order valence-corrected chi connectivity index (χ0v) is 15.2. The number of hydrogen-bond donors (Lipinski definition) is 0. The molecule has 2 aromatic carbocycles. The summed E-state index contributed by atoms with van der Waals surface area (Å²) in [5.41, 5.74) is 4.89. The van der Waals surface area contributed by atoms with Gasteiger partial charge in [0.1, 0.15) is 0 Å². The van der Waals surface area contributed by atoms with E-state index in [1.54, 1.807) is 12.4 Å². The Hall–Kier alpha value is -2.48. The Bertz CT molecular complexity index is 679. The first kappa shape index (κ1) is 18.9. The predicted molar refractivity (Wildman–Crippen MR) is 110 cm³/mol. The van der Waals surface area contributed by atoms with E-state index in [0.29, 0.717) is 0 Å². The van der Waals surface area contributed by atoms with Gasteiger partial charge in [-0.25, -0.2) is 0 Å². The molecule has 0 atom stereocenters. The summed E-state index contributed by atoms with van der Waals surface area (Å²) < 4.78 is 0. The zero-order chi connectivity index (χ0) is 17.7. The van der Waals surface area contributed by atoms with Gasteiger partial charge in [-0.15, -0.1) is 6.58 Å².